The number of hydrogen-bond donors (Lipinski definition) is 4. The second-order valence-corrected chi connectivity index (χ2v) is 11.1. The van der Waals surface area contributed by atoms with Crippen LogP contribution in [0.25, 0.3) is 22.3 Å². The highest BCUT2D eigenvalue weighted by Gasteiger charge is 2.37. The van der Waals surface area contributed by atoms with Crippen LogP contribution in [0.4, 0.5) is 34.9 Å². The molecule has 0 unspecified atom stereocenters. The van der Waals surface area contributed by atoms with Gasteiger partial charge in [0.15, 0.2) is 10.8 Å². The molecule has 46 heavy (non-hydrogen) atoms. The van der Waals surface area contributed by atoms with Crippen molar-refractivity contribution in [2.45, 2.75) is 12.6 Å². The number of H-pyrrole nitrogens is 1. The fraction of sp³-hybridized carbons (Fsp3) is 0.250. The van der Waals surface area contributed by atoms with Gasteiger partial charge >= 0.3 is 6.18 Å². The molecule has 9 nitrogen and oxygen atoms in total. The zero-order chi connectivity index (χ0) is 32.1. The standard InChI is InChI=1S/C32H30F4N8OS/c33-23-7-4-8-24(27(23)32(34,35)36)40-31(46)38-22-11-9-21(10-12-22)28-26-25(19-20-5-2-1-3-6-20)39-30(41-29(26)43-42-28)37-13-14-44-15-17-45-18-16-44/h1-12H,13-19H2,(H2,38,40,46)(H2,37,39,41,42,43). The maximum Gasteiger partial charge on any atom is 0.421 e. The Hall–Kier alpha value is -4.66. The largest absolute Gasteiger partial charge is 0.421 e. The van der Waals surface area contributed by atoms with Crippen LogP contribution in [0.5, 0.6) is 0 Å². The molecule has 14 heteroatoms. The molecule has 2 aromatic heterocycles. The van der Waals surface area contributed by atoms with Crippen molar-refractivity contribution >= 4 is 45.7 Å². The molecule has 4 N–H and O–H groups in total. The fourth-order valence-corrected chi connectivity index (χ4v) is 5.50. The van der Waals surface area contributed by atoms with Crippen LogP contribution in [-0.2, 0) is 17.3 Å². The lowest BCUT2D eigenvalue weighted by Gasteiger charge is -2.26. The van der Waals surface area contributed by atoms with E-state index < -0.39 is 23.2 Å². The van der Waals surface area contributed by atoms with Gasteiger partial charge in [-0.3, -0.25) is 10.00 Å². The number of aromatic nitrogens is 4. The Kier molecular flexibility index (Phi) is 9.38. The quantitative estimate of drug-likeness (QED) is 0.108. The summed E-state index contributed by atoms with van der Waals surface area (Å²) in [4.78, 5) is 11.9. The number of morpholine rings is 1. The summed E-state index contributed by atoms with van der Waals surface area (Å²) in [6.07, 6.45) is -4.33. The summed E-state index contributed by atoms with van der Waals surface area (Å²) in [5.74, 6) is -0.889. The summed E-state index contributed by atoms with van der Waals surface area (Å²) >= 11 is 5.22. The summed E-state index contributed by atoms with van der Waals surface area (Å²) < 4.78 is 59.6. The van der Waals surface area contributed by atoms with Gasteiger partial charge in [0.1, 0.15) is 11.4 Å². The zero-order valence-corrected chi connectivity index (χ0v) is 25.3. The number of thiocarbonyl (C=S) groups is 1. The zero-order valence-electron chi connectivity index (χ0n) is 24.5. The normalized spacial score (nSPS) is 13.9. The molecule has 0 atom stereocenters. The third-order valence-electron chi connectivity index (χ3n) is 7.49. The molecule has 0 saturated carbocycles. The number of ether oxygens (including phenoxy) is 1. The predicted octanol–water partition coefficient (Wildman–Crippen LogP) is 6.32. The molecule has 1 fully saturated rings. The Bertz CT molecular complexity index is 1810. The second kappa shape index (κ2) is 13.8. The Morgan fingerprint density at radius 1 is 0.935 bits per heavy atom. The number of anilines is 3. The van der Waals surface area contributed by atoms with Gasteiger partial charge in [-0.2, -0.15) is 23.3 Å². The van der Waals surface area contributed by atoms with E-state index >= 15 is 0 Å². The Morgan fingerprint density at radius 3 is 2.43 bits per heavy atom. The molecule has 0 radical (unpaired) electrons. The molecule has 3 heterocycles. The number of alkyl halides is 3. The van der Waals surface area contributed by atoms with Gasteiger partial charge in [0.05, 0.1) is 35.7 Å². The van der Waals surface area contributed by atoms with E-state index in [0.29, 0.717) is 30.2 Å². The van der Waals surface area contributed by atoms with Crippen LogP contribution in [0.15, 0.2) is 72.8 Å². The number of hydrogen-bond acceptors (Lipinski definition) is 7. The maximum atomic E-state index is 14.0. The number of nitrogens with one attached hydrogen (secondary N) is 4. The van der Waals surface area contributed by atoms with E-state index in [1.165, 1.54) is 6.07 Å². The average molecular weight is 651 g/mol. The van der Waals surface area contributed by atoms with Crippen LogP contribution in [0.3, 0.4) is 0 Å². The van der Waals surface area contributed by atoms with Gasteiger partial charge in [-0.25, -0.2) is 9.37 Å². The fourth-order valence-electron chi connectivity index (χ4n) is 5.27. The molecule has 5 aromatic rings. The third kappa shape index (κ3) is 7.41. The summed E-state index contributed by atoms with van der Waals surface area (Å²) in [6, 6.07) is 20.2. The van der Waals surface area contributed by atoms with Gasteiger partial charge in [0.2, 0.25) is 5.95 Å². The summed E-state index contributed by atoms with van der Waals surface area (Å²) in [6.45, 7) is 4.78. The van der Waals surface area contributed by atoms with Gasteiger partial charge < -0.3 is 20.7 Å². The molecule has 6 rings (SSSR count). The average Bonchev–Trinajstić information content (AvgIpc) is 3.46. The van der Waals surface area contributed by atoms with Crippen molar-refractivity contribution in [2.75, 3.05) is 55.3 Å². The van der Waals surface area contributed by atoms with Crippen molar-refractivity contribution < 1.29 is 22.3 Å². The molecule has 0 aliphatic carbocycles. The van der Waals surface area contributed by atoms with Gasteiger partial charge in [-0.15, -0.1) is 0 Å². The second-order valence-electron chi connectivity index (χ2n) is 10.7. The van der Waals surface area contributed by atoms with Gasteiger partial charge in [-0.1, -0.05) is 48.5 Å². The lowest BCUT2D eigenvalue weighted by molar-refractivity contribution is -0.139. The van der Waals surface area contributed by atoms with E-state index in [0.717, 1.165) is 72.9 Å². The van der Waals surface area contributed by atoms with E-state index in [9.17, 15) is 17.6 Å². The molecular formula is C32H30F4N8OS. The summed E-state index contributed by atoms with van der Waals surface area (Å²) in [7, 11) is 0. The predicted molar refractivity (Wildman–Crippen MR) is 173 cm³/mol. The molecular weight excluding hydrogens is 620 g/mol. The van der Waals surface area contributed by atoms with Crippen molar-refractivity contribution in [2.24, 2.45) is 0 Å². The molecule has 1 saturated heterocycles. The molecule has 238 valence electrons. The van der Waals surface area contributed by atoms with Gasteiger partial charge in [0.25, 0.3) is 0 Å². The molecule has 3 aromatic carbocycles. The first-order valence-electron chi connectivity index (χ1n) is 14.6. The highest BCUT2D eigenvalue weighted by molar-refractivity contribution is 7.80. The van der Waals surface area contributed by atoms with Gasteiger partial charge in [0, 0.05) is 43.9 Å². The number of fused-ring (bicyclic) bond motifs is 1. The molecule has 0 amide bonds. The monoisotopic (exact) mass is 650 g/mol. The minimum Gasteiger partial charge on any atom is -0.379 e. The lowest BCUT2D eigenvalue weighted by Crippen LogP contribution is -2.39. The molecule has 0 bridgehead atoms. The minimum absolute atomic E-state index is 0.122. The number of benzene rings is 3. The van der Waals surface area contributed by atoms with Crippen molar-refractivity contribution in [1.29, 1.82) is 0 Å². The van der Waals surface area contributed by atoms with Crippen molar-refractivity contribution in [1.82, 2.24) is 25.1 Å². The van der Waals surface area contributed by atoms with Crippen molar-refractivity contribution in [3.8, 4) is 11.3 Å². The minimum atomic E-state index is -4.89. The number of nitrogens with zero attached hydrogens (tertiary/aromatic N) is 4. The first-order valence-corrected chi connectivity index (χ1v) is 15.0. The number of rotatable bonds is 9. The molecule has 1 aliphatic rings. The first-order chi connectivity index (χ1) is 22.2. The third-order valence-corrected chi connectivity index (χ3v) is 7.70. The van der Waals surface area contributed by atoms with Crippen LogP contribution >= 0.6 is 12.2 Å². The van der Waals surface area contributed by atoms with E-state index in [2.05, 4.69) is 36.0 Å². The Balaban J connectivity index is 1.21. The van der Waals surface area contributed by atoms with Crippen LogP contribution in [0, 0.1) is 5.82 Å². The van der Waals surface area contributed by atoms with Crippen LogP contribution in [0.2, 0.25) is 0 Å². The van der Waals surface area contributed by atoms with E-state index in [4.69, 9.17) is 21.9 Å². The first kappa shape index (κ1) is 31.3. The van der Waals surface area contributed by atoms with Crippen LogP contribution in [-0.4, -0.2) is 69.6 Å². The molecule has 0 spiro atoms. The topological polar surface area (TPSA) is 103 Å². The van der Waals surface area contributed by atoms with Crippen LogP contribution < -0.4 is 16.0 Å². The van der Waals surface area contributed by atoms with Crippen LogP contribution in [0.1, 0.15) is 16.8 Å². The van der Waals surface area contributed by atoms with Crippen molar-refractivity contribution in [3.05, 3.63) is 95.4 Å². The van der Waals surface area contributed by atoms with E-state index in [-0.39, 0.29) is 5.11 Å². The highest BCUT2D eigenvalue weighted by Crippen LogP contribution is 2.37. The summed E-state index contributed by atoms with van der Waals surface area (Å²) in [5.41, 5.74) is 2.55. The summed E-state index contributed by atoms with van der Waals surface area (Å²) in [5, 5.41) is 16.9. The smallest absolute Gasteiger partial charge is 0.379 e. The highest BCUT2D eigenvalue weighted by atomic mass is 32.1. The Labute approximate surface area is 267 Å². The number of aromatic amines is 1. The lowest BCUT2D eigenvalue weighted by atomic mass is 10.0. The van der Waals surface area contributed by atoms with Crippen molar-refractivity contribution in [3.63, 3.8) is 0 Å². The number of halogens is 4. The maximum absolute atomic E-state index is 14.0. The molecule has 1 aliphatic heterocycles. The Morgan fingerprint density at radius 2 is 1.70 bits per heavy atom. The van der Waals surface area contributed by atoms with E-state index in [1.54, 1.807) is 12.1 Å². The van der Waals surface area contributed by atoms with Gasteiger partial charge in [-0.05, 0) is 42.0 Å². The van der Waals surface area contributed by atoms with E-state index in [1.807, 2.05) is 42.5 Å². The SMILES string of the molecule is Fc1cccc(NC(=S)Nc2ccc(-c3[nH]nc4nc(NCCN5CCOCC5)nc(Cc5ccccc5)c34)cc2)c1C(F)(F)F.